The summed E-state index contributed by atoms with van der Waals surface area (Å²) < 4.78 is 0. The van der Waals surface area contributed by atoms with Crippen molar-refractivity contribution in [1.82, 2.24) is 10.3 Å². The first-order valence-corrected chi connectivity index (χ1v) is 7.52. The van der Waals surface area contributed by atoms with E-state index in [2.05, 4.69) is 10.3 Å². The van der Waals surface area contributed by atoms with Crippen molar-refractivity contribution in [2.45, 2.75) is 32.6 Å². The van der Waals surface area contributed by atoms with E-state index in [0.29, 0.717) is 31.7 Å². The molecule has 2 rings (SSSR count). The average molecular weight is 290 g/mol. The van der Waals surface area contributed by atoms with E-state index in [1.165, 1.54) is 0 Å². The molecule has 5 heteroatoms. The van der Waals surface area contributed by atoms with Crippen LogP contribution in [0.15, 0.2) is 24.4 Å². The molecule has 2 N–H and O–H groups in total. The molecule has 1 amide bonds. The third-order valence-electron chi connectivity index (χ3n) is 4.30. The molecule has 0 aliphatic heterocycles. The van der Waals surface area contributed by atoms with Gasteiger partial charge in [-0.3, -0.25) is 14.6 Å². The Kier molecular flexibility index (Phi) is 5.31. The average Bonchev–Trinajstić information content (AvgIpc) is 2.93. The van der Waals surface area contributed by atoms with Crippen molar-refractivity contribution in [3.05, 3.63) is 30.1 Å². The number of hydrogen-bond donors (Lipinski definition) is 2. The Morgan fingerprint density at radius 2 is 2.10 bits per heavy atom. The van der Waals surface area contributed by atoms with Crippen LogP contribution in [-0.2, 0) is 16.0 Å². The van der Waals surface area contributed by atoms with E-state index in [-0.39, 0.29) is 5.91 Å². The molecular formula is C16H22N2O3. The Morgan fingerprint density at radius 1 is 1.33 bits per heavy atom. The first-order chi connectivity index (χ1) is 10.1. The minimum atomic E-state index is -0.851. The van der Waals surface area contributed by atoms with E-state index >= 15 is 0 Å². The summed E-state index contributed by atoms with van der Waals surface area (Å²) in [6.07, 6.45) is 4.61. The van der Waals surface area contributed by atoms with Gasteiger partial charge in [-0.1, -0.05) is 19.4 Å². The van der Waals surface area contributed by atoms with E-state index in [0.717, 1.165) is 12.1 Å². The topological polar surface area (TPSA) is 79.3 Å². The number of aromatic nitrogens is 1. The summed E-state index contributed by atoms with van der Waals surface area (Å²) in [6, 6.07) is 5.67. The lowest BCUT2D eigenvalue weighted by atomic mass is 9.95. The smallest absolute Gasteiger partial charge is 0.307 e. The predicted molar refractivity (Wildman–Crippen MR) is 78.6 cm³/mol. The third kappa shape index (κ3) is 4.03. The lowest BCUT2D eigenvalue weighted by Gasteiger charge is -2.15. The molecule has 5 nitrogen and oxygen atoms in total. The van der Waals surface area contributed by atoms with Crippen LogP contribution in [-0.4, -0.2) is 28.5 Å². The van der Waals surface area contributed by atoms with Gasteiger partial charge in [0.1, 0.15) is 0 Å². The van der Waals surface area contributed by atoms with Gasteiger partial charge >= 0.3 is 5.97 Å². The van der Waals surface area contributed by atoms with Crippen LogP contribution in [0.2, 0.25) is 0 Å². The van der Waals surface area contributed by atoms with Crippen molar-refractivity contribution >= 4 is 11.9 Å². The van der Waals surface area contributed by atoms with Gasteiger partial charge in [-0.05, 0) is 30.9 Å². The molecule has 3 atom stereocenters. The van der Waals surface area contributed by atoms with E-state index in [1.807, 2.05) is 25.1 Å². The van der Waals surface area contributed by atoms with Crippen LogP contribution in [0.4, 0.5) is 0 Å². The number of carbonyl (C=O) groups is 2. The number of carboxylic acid groups (broad SMARTS) is 1. The van der Waals surface area contributed by atoms with Crippen molar-refractivity contribution in [3.63, 3.8) is 0 Å². The van der Waals surface area contributed by atoms with Crippen LogP contribution in [0.3, 0.4) is 0 Å². The van der Waals surface area contributed by atoms with Crippen molar-refractivity contribution in [2.24, 2.45) is 17.8 Å². The first-order valence-electron chi connectivity index (χ1n) is 7.52. The molecule has 114 valence electrons. The van der Waals surface area contributed by atoms with Gasteiger partial charge < -0.3 is 10.4 Å². The molecule has 1 aliphatic carbocycles. The zero-order chi connectivity index (χ0) is 15.2. The second-order valence-corrected chi connectivity index (χ2v) is 5.66. The Hall–Kier alpha value is -1.91. The van der Waals surface area contributed by atoms with E-state index in [9.17, 15) is 14.7 Å². The Morgan fingerprint density at radius 3 is 2.71 bits per heavy atom. The molecule has 1 saturated carbocycles. The Labute approximate surface area is 124 Å². The first kappa shape index (κ1) is 15.5. The summed E-state index contributed by atoms with van der Waals surface area (Å²) in [5.74, 6) is -1.57. The molecule has 1 aliphatic rings. The van der Waals surface area contributed by atoms with Gasteiger partial charge in [0.25, 0.3) is 0 Å². The molecule has 1 heterocycles. The highest BCUT2D eigenvalue weighted by molar-refractivity contribution is 5.85. The van der Waals surface area contributed by atoms with Gasteiger partial charge in [-0.2, -0.15) is 0 Å². The molecule has 0 radical (unpaired) electrons. The SMILES string of the molecule is CCC1C[C@H](C(=O)NCCc2ccccn2)[C@H](C(=O)O)C1. The summed E-state index contributed by atoms with van der Waals surface area (Å²) in [5.41, 5.74) is 0.922. The number of rotatable bonds is 6. The van der Waals surface area contributed by atoms with Crippen LogP contribution in [0.25, 0.3) is 0 Å². The minimum Gasteiger partial charge on any atom is -0.481 e. The van der Waals surface area contributed by atoms with Gasteiger partial charge in [0.05, 0.1) is 11.8 Å². The van der Waals surface area contributed by atoms with E-state index in [1.54, 1.807) is 6.20 Å². The van der Waals surface area contributed by atoms with Crippen molar-refractivity contribution in [2.75, 3.05) is 6.54 Å². The van der Waals surface area contributed by atoms with Crippen LogP contribution in [0.1, 0.15) is 31.9 Å². The number of carboxylic acids is 1. The van der Waals surface area contributed by atoms with Gasteiger partial charge in [0, 0.05) is 24.9 Å². The highest BCUT2D eigenvalue weighted by Gasteiger charge is 2.41. The van der Waals surface area contributed by atoms with Crippen molar-refractivity contribution in [1.29, 1.82) is 0 Å². The zero-order valence-corrected chi connectivity index (χ0v) is 12.3. The van der Waals surface area contributed by atoms with Crippen LogP contribution < -0.4 is 5.32 Å². The quantitative estimate of drug-likeness (QED) is 0.838. The van der Waals surface area contributed by atoms with Crippen LogP contribution in [0, 0.1) is 17.8 Å². The van der Waals surface area contributed by atoms with Gasteiger partial charge in [0.15, 0.2) is 0 Å². The molecule has 1 aromatic heterocycles. The number of carbonyl (C=O) groups excluding carboxylic acids is 1. The van der Waals surface area contributed by atoms with E-state index in [4.69, 9.17) is 0 Å². The summed E-state index contributed by atoms with van der Waals surface area (Å²) >= 11 is 0. The second-order valence-electron chi connectivity index (χ2n) is 5.66. The highest BCUT2D eigenvalue weighted by Crippen LogP contribution is 2.38. The number of nitrogens with one attached hydrogen (secondary N) is 1. The van der Waals surface area contributed by atoms with Gasteiger partial charge in [-0.25, -0.2) is 0 Å². The summed E-state index contributed by atoms with van der Waals surface area (Å²) in [6.45, 7) is 2.54. The number of hydrogen-bond acceptors (Lipinski definition) is 3. The lowest BCUT2D eigenvalue weighted by molar-refractivity contribution is -0.146. The molecule has 1 aromatic rings. The maximum atomic E-state index is 12.2. The number of nitrogens with zero attached hydrogens (tertiary/aromatic N) is 1. The number of amides is 1. The van der Waals surface area contributed by atoms with Crippen LogP contribution in [0.5, 0.6) is 0 Å². The fourth-order valence-corrected chi connectivity index (χ4v) is 3.03. The normalized spacial score (nSPS) is 24.7. The minimum absolute atomic E-state index is 0.130. The van der Waals surface area contributed by atoms with Crippen molar-refractivity contribution in [3.8, 4) is 0 Å². The maximum absolute atomic E-state index is 12.2. The number of pyridine rings is 1. The Bertz CT molecular complexity index is 490. The summed E-state index contributed by atoms with van der Waals surface area (Å²) in [4.78, 5) is 27.7. The standard InChI is InChI=1S/C16H22N2O3/c1-2-11-9-13(14(10-11)16(20)21)15(19)18-8-6-12-5-3-4-7-17-12/h3-5,7,11,13-14H,2,6,8-10H2,1H3,(H,18,19)(H,20,21)/t11?,13-,14+/m0/s1. The number of aliphatic carboxylic acids is 1. The predicted octanol–water partition coefficient (Wildman–Crippen LogP) is 1.88. The monoisotopic (exact) mass is 290 g/mol. The molecule has 0 aromatic carbocycles. The van der Waals surface area contributed by atoms with Crippen molar-refractivity contribution < 1.29 is 14.7 Å². The molecule has 0 spiro atoms. The zero-order valence-electron chi connectivity index (χ0n) is 12.3. The molecule has 1 fully saturated rings. The Balaban J connectivity index is 1.85. The van der Waals surface area contributed by atoms with Crippen LogP contribution >= 0.6 is 0 Å². The summed E-state index contributed by atoms with van der Waals surface area (Å²) in [5, 5.41) is 12.1. The largest absolute Gasteiger partial charge is 0.481 e. The second kappa shape index (κ2) is 7.20. The van der Waals surface area contributed by atoms with E-state index < -0.39 is 17.8 Å². The molecule has 0 bridgehead atoms. The fraction of sp³-hybridized carbons (Fsp3) is 0.562. The molecular weight excluding hydrogens is 268 g/mol. The summed E-state index contributed by atoms with van der Waals surface area (Å²) in [7, 11) is 0. The molecule has 1 unspecified atom stereocenters. The molecule has 0 saturated heterocycles. The maximum Gasteiger partial charge on any atom is 0.307 e. The van der Waals surface area contributed by atoms with Gasteiger partial charge in [-0.15, -0.1) is 0 Å². The molecule has 21 heavy (non-hydrogen) atoms. The van der Waals surface area contributed by atoms with Gasteiger partial charge in [0.2, 0.25) is 5.91 Å². The highest BCUT2D eigenvalue weighted by atomic mass is 16.4. The fourth-order valence-electron chi connectivity index (χ4n) is 3.03. The third-order valence-corrected chi connectivity index (χ3v) is 4.30. The lowest BCUT2D eigenvalue weighted by Crippen LogP contribution is -2.36.